The summed E-state index contributed by atoms with van der Waals surface area (Å²) in [5.74, 6) is 0.787. The summed E-state index contributed by atoms with van der Waals surface area (Å²) in [5, 5.41) is 28.7. The Morgan fingerprint density at radius 2 is 1.72 bits per heavy atom. The molecule has 0 saturated carbocycles. The molecule has 8 heteroatoms. The predicted octanol–water partition coefficient (Wildman–Crippen LogP) is 4.64. The summed E-state index contributed by atoms with van der Waals surface area (Å²) in [6.07, 6.45) is 0. The first-order valence-electron chi connectivity index (χ1n) is 9.81. The number of phenolic OH excluding ortho intramolecular Hbond substituents is 2. The fraction of sp³-hybridized carbons (Fsp3) is 0.125. The number of ketones is 1. The number of rotatable bonds is 7. The van der Waals surface area contributed by atoms with Crippen LogP contribution in [0.4, 0.5) is 0 Å². The van der Waals surface area contributed by atoms with Crippen molar-refractivity contribution in [2.75, 3.05) is 12.9 Å². The molecule has 0 bridgehead atoms. The number of nitrogens with zero attached hydrogens (tertiary/aromatic N) is 3. The van der Waals surface area contributed by atoms with E-state index in [1.807, 2.05) is 60.0 Å². The molecule has 1 heterocycles. The van der Waals surface area contributed by atoms with Crippen molar-refractivity contribution in [3.63, 3.8) is 0 Å². The van der Waals surface area contributed by atoms with Gasteiger partial charge in [-0.05, 0) is 55.5 Å². The number of Topliss-reactive ketones (excluding diaryl/α,β-unsaturated/α-hetero) is 1. The number of benzene rings is 3. The van der Waals surface area contributed by atoms with E-state index in [0.717, 1.165) is 28.6 Å². The molecule has 2 N–H and O–H groups in total. The Hall–Kier alpha value is -3.78. The van der Waals surface area contributed by atoms with E-state index in [-0.39, 0.29) is 28.6 Å². The van der Waals surface area contributed by atoms with Crippen molar-refractivity contribution < 1.29 is 19.7 Å². The maximum Gasteiger partial charge on any atom is 0.196 e. The summed E-state index contributed by atoms with van der Waals surface area (Å²) in [6, 6.07) is 19.4. The first-order chi connectivity index (χ1) is 15.5. The summed E-state index contributed by atoms with van der Waals surface area (Å²) < 4.78 is 7.14. The quantitative estimate of drug-likeness (QED) is 0.315. The third-order valence-corrected chi connectivity index (χ3v) is 5.82. The van der Waals surface area contributed by atoms with Gasteiger partial charge in [0.05, 0.1) is 18.4 Å². The number of hydrogen-bond acceptors (Lipinski definition) is 7. The second kappa shape index (κ2) is 9.15. The van der Waals surface area contributed by atoms with Crippen molar-refractivity contribution in [1.29, 1.82) is 0 Å². The molecule has 0 unspecified atom stereocenters. The van der Waals surface area contributed by atoms with Gasteiger partial charge in [-0.1, -0.05) is 29.5 Å². The number of carbonyl (C=O) groups excluding carboxylic acids is 1. The van der Waals surface area contributed by atoms with Crippen molar-refractivity contribution in [2.24, 2.45) is 0 Å². The zero-order valence-corrected chi connectivity index (χ0v) is 18.3. The third kappa shape index (κ3) is 4.45. The molecule has 162 valence electrons. The Labute approximate surface area is 189 Å². The van der Waals surface area contributed by atoms with Crippen LogP contribution in [0.3, 0.4) is 0 Å². The van der Waals surface area contributed by atoms with Crippen LogP contribution in [0.25, 0.3) is 17.1 Å². The van der Waals surface area contributed by atoms with Gasteiger partial charge in [-0.3, -0.25) is 9.36 Å². The zero-order chi connectivity index (χ0) is 22.7. The number of aromatic nitrogens is 3. The molecule has 0 atom stereocenters. The van der Waals surface area contributed by atoms with Gasteiger partial charge in [-0.25, -0.2) is 0 Å². The molecule has 4 aromatic rings. The highest BCUT2D eigenvalue weighted by atomic mass is 32.2. The molecule has 0 fully saturated rings. The average Bonchev–Trinajstić information content (AvgIpc) is 3.22. The molecule has 32 heavy (non-hydrogen) atoms. The van der Waals surface area contributed by atoms with Crippen molar-refractivity contribution in [3.8, 4) is 34.3 Å². The van der Waals surface area contributed by atoms with Crippen LogP contribution >= 0.6 is 11.8 Å². The molecule has 1 aromatic heterocycles. The van der Waals surface area contributed by atoms with Crippen molar-refractivity contribution >= 4 is 17.5 Å². The summed E-state index contributed by atoms with van der Waals surface area (Å²) in [7, 11) is 1.61. The molecule has 0 spiro atoms. The molecule has 4 rings (SSSR count). The minimum atomic E-state index is -0.281. The van der Waals surface area contributed by atoms with Crippen LogP contribution in [0.2, 0.25) is 0 Å². The Balaban J connectivity index is 1.67. The molecule has 7 nitrogen and oxygen atoms in total. The van der Waals surface area contributed by atoms with E-state index in [1.165, 1.54) is 23.9 Å². The Morgan fingerprint density at radius 1 is 1.00 bits per heavy atom. The van der Waals surface area contributed by atoms with E-state index in [9.17, 15) is 15.0 Å². The van der Waals surface area contributed by atoms with Gasteiger partial charge < -0.3 is 14.9 Å². The van der Waals surface area contributed by atoms with Crippen molar-refractivity contribution in [1.82, 2.24) is 14.8 Å². The van der Waals surface area contributed by atoms with Crippen LogP contribution < -0.4 is 4.74 Å². The van der Waals surface area contributed by atoms with Gasteiger partial charge in [0.25, 0.3) is 0 Å². The summed E-state index contributed by atoms with van der Waals surface area (Å²) >= 11 is 1.23. The highest BCUT2D eigenvalue weighted by molar-refractivity contribution is 7.99. The molecular formula is C24H21N3O4S. The summed E-state index contributed by atoms with van der Waals surface area (Å²) in [6.45, 7) is 2.01. The van der Waals surface area contributed by atoms with Gasteiger partial charge in [0.2, 0.25) is 0 Å². The average molecular weight is 448 g/mol. The molecule has 0 aliphatic rings. The van der Waals surface area contributed by atoms with Gasteiger partial charge in [0.1, 0.15) is 17.2 Å². The topological polar surface area (TPSA) is 97.5 Å². The number of aromatic hydroxyl groups is 2. The maximum atomic E-state index is 12.7. The summed E-state index contributed by atoms with van der Waals surface area (Å²) in [5.41, 5.74) is 2.99. The number of carbonyl (C=O) groups is 1. The van der Waals surface area contributed by atoms with E-state index >= 15 is 0 Å². The smallest absolute Gasteiger partial charge is 0.196 e. The highest BCUT2D eigenvalue weighted by Gasteiger charge is 2.19. The predicted molar refractivity (Wildman–Crippen MR) is 123 cm³/mol. The molecule has 3 aromatic carbocycles. The fourth-order valence-corrected chi connectivity index (χ4v) is 4.02. The SMILES string of the molecule is COc1ccc(-c2nnc(SCC(=O)c3ccc(O)cc3O)n2-c2ccc(C)cc2)cc1. The molecule has 0 aliphatic heterocycles. The Kier molecular flexibility index (Phi) is 6.13. The van der Waals surface area contributed by atoms with Crippen LogP contribution in [0.5, 0.6) is 17.2 Å². The van der Waals surface area contributed by atoms with E-state index < -0.39 is 0 Å². The second-order valence-corrected chi connectivity index (χ2v) is 8.06. The molecule has 0 radical (unpaired) electrons. The zero-order valence-electron chi connectivity index (χ0n) is 17.5. The van der Waals surface area contributed by atoms with Gasteiger partial charge in [0.15, 0.2) is 16.8 Å². The van der Waals surface area contributed by atoms with E-state index in [1.54, 1.807) is 7.11 Å². The van der Waals surface area contributed by atoms with E-state index in [0.29, 0.717) is 11.0 Å². The first-order valence-corrected chi connectivity index (χ1v) is 10.8. The Bertz CT molecular complexity index is 1250. The van der Waals surface area contributed by atoms with Gasteiger partial charge in [-0.15, -0.1) is 10.2 Å². The van der Waals surface area contributed by atoms with E-state index in [2.05, 4.69) is 10.2 Å². The largest absolute Gasteiger partial charge is 0.508 e. The molecule has 0 saturated heterocycles. The van der Waals surface area contributed by atoms with Gasteiger partial charge in [0, 0.05) is 17.3 Å². The van der Waals surface area contributed by atoms with Crippen LogP contribution in [-0.4, -0.2) is 43.6 Å². The lowest BCUT2D eigenvalue weighted by molar-refractivity contribution is 0.102. The third-order valence-electron chi connectivity index (χ3n) is 4.89. The summed E-state index contributed by atoms with van der Waals surface area (Å²) in [4.78, 5) is 12.7. The monoisotopic (exact) mass is 447 g/mol. The number of hydrogen-bond donors (Lipinski definition) is 2. The molecular weight excluding hydrogens is 426 g/mol. The van der Waals surface area contributed by atoms with Crippen LogP contribution in [-0.2, 0) is 0 Å². The lowest BCUT2D eigenvalue weighted by atomic mass is 10.1. The second-order valence-electron chi connectivity index (χ2n) is 7.12. The minimum Gasteiger partial charge on any atom is -0.508 e. The first kappa shape index (κ1) is 21.5. The molecule has 0 amide bonds. The number of ether oxygens (including phenoxy) is 1. The lowest BCUT2D eigenvalue weighted by Gasteiger charge is -2.11. The van der Waals surface area contributed by atoms with Crippen molar-refractivity contribution in [3.05, 3.63) is 77.9 Å². The Morgan fingerprint density at radius 3 is 2.38 bits per heavy atom. The number of phenols is 2. The number of aryl methyl sites for hydroxylation is 1. The van der Waals surface area contributed by atoms with Crippen molar-refractivity contribution in [2.45, 2.75) is 12.1 Å². The standard InChI is InChI=1S/C24H21N3O4S/c1-15-3-7-17(8-4-15)27-23(16-5-10-19(31-2)11-6-16)25-26-24(27)32-14-22(30)20-12-9-18(28)13-21(20)29/h3-13,28-29H,14H2,1-2H3. The lowest BCUT2D eigenvalue weighted by Crippen LogP contribution is -2.05. The van der Waals surface area contributed by atoms with Gasteiger partial charge >= 0.3 is 0 Å². The van der Waals surface area contributed by atoms with Crippen LogP contribution in [0.15, 0.2) is 71.9 Å². The minimum absolute atomic E-state index is 0.0466. The fourth-order valence-electron chi connectivity index (χ4n) is 3.18. The van der Waals surface area contributed by atoms with E-state index in [4.69, 9.17) is 4.74 Å². The number of thioether (sulfide) groups is 1. The van der Waals surface area contributed by atoms with Crippen LogP contribution in [0.1, 0.15) is 15.9 Å². The van der Waals surface area contributed by atoms with Gasteiger partial charge in [-0.2, -0.15) is 0 Å². The maximum absolute atomic E-state index is 12.7. The van der Waals surface area contributed by atoms with Crippen LogP contribution in [0, 0.1) is 6.92 Å². The highest BCUT2D eigenvalue weighted by Crippen LogP contribution is 2.30. The number of methoxy groups -OCH3 is 1. The molecule has 0 aliphatic carbocycles. The normalized spacial score (nSPS) is 10.8.